The molecule has 7 heteroatoms. The Morgan fingerprint density at radius 3 is 2.58 bits per heavy atom. The number of rotatable bonds is 7. The van der Waals surface area contributed by atoms with Crippen LogP contribution < -0.4 is 9.47 Å². The molecule has 3 rings (SSSR count). The average molecular weight is 357 g/mol. The quantitative estimate of drug-likeness (QED) is 0.636. The summed E-state index contributed by atoms with van der Waals surface area (Å²) in [6.07, 6.45) is 1.58. The van der Waals surface area contributed by atoms with E-state index in [1.165, 1.54) is 0 Å². The van der Waals surface area contributed by atoms with Crippen molar-refractivity contribution in [3.05, 3.63) is 47.7 Å². The first-order valence-corrected chi connectivity index (χ1v) is 8.32. The lowest BCUT2D eigenvalue weighted by molar-refractivity contribution is 0.237. The van der Waals surface area contributed by atoms with Gasteiger partial charge in [-0.15, -0.1) is 0 Å². The minimum atomic E-state index is 0.106. The summed E-state index contributed by atoms with van der Waals surface area (Å²) < 4.78 is 21.4. The van der Waals surface area contributed by atoms with Crippen molar-refractivity contribution < 1.29 is 18.4 Å². The van der Waals surface area contributed by atoms with Crippen molar-refractivity contribution in [3.8, 4) is 23.0 Å². The molecule has 26 heavy (non-hydrogen) atoms. The Bertz CT molecular complexity index is 858. The summed E-state index contributed by atoms with van der Waals surface area (Å²) in [5, 5.41) is 4.00. The van der Waals surface area contributed by atoms with E-state index in [1.54, 1.807) is 20.5 Å². The van der Waals surface area contributed by atoms with Crippen LogP contribution in [-0.4, -0.2) is 36.3 Å². The lowest BCUT2D eigenvalue weighted by atomic mass is 10.2. The first kappa shape index (κ1) is 18.0. The molecule has 0 unspecified atom stereocenters. The van der Waals surface area contributed by atoms with Crippen LogP contribution in [0.2, 0.25) is 0 Å². The normalized spacial score (nSPS) is 12.4. The number of ether oxygens (including phenoxy) is 2. The number of oxazole rings is 1. The van der Waals surface area contributed by atoms with Gasteiger partial charge in [0.2, 0.25) is 5.89 Å². The molecule has 7 nitrogen and oxygen atoms in total. The molecule has 0 bridgehead atoms. The van der Waals surface area contributed by atoms with Gasteiger partial charge < -0.3 is 18.4 Å². The van der Waals surface area contributed by atoms with E-state index < -0.39 is 0 Å². The zero-order chi connectivity index (χ0) is 18.7. The molecule has 0 N–H and O–H groups in total. The third-order valence-electron chi connectivity index (χ3n) is 4.47. The topological polar surface area (TPSA) is 73.8 Å². The van der Waals surface area contributed by atoms with Crippen molar-refractivity contribution in [2.45, 2.75) is 26.4 Å². The Kier molecular flexibility index (Phi) is 5.27. The number of methoxy groups -OCH3 is 2. The molecule has 1 atom stereocenters. The third kappa shape index (κ3) is 3.57. The zero-order valence-electron chi connectivity index (χ0n) is 15.6. The first-order chi connectivity index (χ1) is 12.5. The van der Waals surface area contributed by atoms with Crippen molar-refractivity contribution in [3.63, 3.8) is 0 Å². The SMILES string of the molecule is COc1ccc(-c2nc(CN(C)[C@H](C)c3ccon3)c(C)o2)cc1OC. The molecule has 0 spiro atoms. The first-order valence-electron chi connectivity index (χ1n) is 8.32. The second-order valence-corrected chi connectivity index (χ2v) is 6.11. The molecule has 0 radical (unpaired) electrons. The van der Waals surface area contributed by atoms with E-state index in [-0.39, 0.29) is 6.04 Å². The molecule has 1 aromatic carbocycles. The molecule has 2 heterocycles. The van der Waals surface area contributed by atoms with Crippen molar-refractivity contribution in [2.75, 3.05) is 21.3 Å². The molecule has 138 valence electrons. The number of aryl methyl sites for hydroxylation is 1. The smallest absolute Gasteiger partial charge is 0.226 e. The molecular weight excluding hydrogens is 334 g/mol. The maximum atomic E-state index is 5.88. The minimum absolute atomic E-state index is 0.106. The van der Waals surface area contributed by atoms with Gasteiger partial charge in [-0.3, -0.25) is 4.90 Å². The summed E-state index contributed by atoms with van der Waals surface area (Å²) in [6, 6.07) is 7.57. The van der Waals surface area contributed by atoms with Crippen molar-refractivity contribution in [2.24, 2.45) is 0 Å². The largest absolute Gasteiger partial charge is 0.493 e. The van der Waals surface area contributed by atoms with E-state index in [0.29, 0.717) is 23.9 Å². The zero-order valence-corrected chi connectivity index (χ0v) is 15.6. The van der Waals surface area contributed by atoms with Gasteiger partial charge >= 0.3 is 0 Å². The van der Waals surface area contributed by atoms with Gasteiger partial charge in [-0.2, -0.15) is 0 Å². The van der Waals surface area contributed by atoms with Gasteiger partial charge in [0.1, 0.15) is 17.7 Å². The fourth-order valence-corrected chi connectivity index (χ4v) is 2.70. The van der Waals surface area contributed by atoms with Crippen molar-refractivity contribution in [1.82, 2.24) is 15.0 Å². The van der Waals surface area contributed by atoms with Gasteiger partial charge in [0.05, 0.1) is 26.0 Å². The van der Waals surface area contributed by atoms with Gasteiger partial charge in [0.25, 0.3) is 0 Å². The summed E-state index contributed by atoms with van der Waals surface area (Å²) in [7, 11) is 5.23. The van der Waals surface area contributed by atoms with Crippen LogP contribution in [0.4, 0.5) is 0 Å². The summed E-state index contributed by atoms with van der Waals surface area (Å²) in [6.45, 7) is 4.63. The highest BCUT2D eigenvalue weighted by Gasteiger charge is 2.19. The van der Waals surface area contributed by atoms with E-state index in [9.17, 15) is 0 Å². The van der Waals surface area contributed by atoms with E-state index in [0.717, 1.165) is 22.7 Å². The van der Waals surface area contributed by atoms with E-state index >= 15 is 0 Å². The lowest BCUT2D eigenvalue weighted by Crippen LogP contribution is -2.22. The van der Waals surface area contributed by atoms with E-state index in [1.807, 2.05) is 38.2 Å². The van der Waals surface area contributed by atoms with Crippen molar-refractivity contribution in [1.29, 1.82) is 0 Å². The molecule has 0 aliphatic heterocycles. The summed E-state index contributed by atoms with van der Waals surface area (Å²) in [4.78, 5) is 6.81. The highest BCUT2D eigenvalue weighted by Crippen LogP contribution is 2.33. The highest BCUT2D eigenvalue weighted by atomic mass is 16.5. The van der Waals surface area contributed by atoms with Crippen LogP contribution in [0, 0.1) is 6.92 Å². The predicted octanol–water partition coefficient (Wildman–Crippen LogP) is 3.85. The Morgan fingerprint density at radius 2 is 1.92 bits per heavy atom. The van der Waals surface area contributed by atoms with Crippen LogP contribution >= 0.6 is 0 Å². The predicted molar refractivity (Wildman–Crippen MR) is 96.2 cm³/mol. The number of aromatic nitrogens is 2. The monoisotopic (exact) mass is 357 g/mol. The molecule has 0 fully saturated rings. The van der Waals surface area contributed by atoms with Crippen LogP contribution in [0.5, 0.6) is 11.5 Å². The molecule has 0 amide bonds. The summed E-state index contributed by atoms with van der Waals surface area (Å²) in [5.41, 5.74) is 2.60. The molecule has 2 aromatic heterocycles. The van der Waals surface area contributed by atoms with Crippen molar-refractivity contribution >= 4 is 0 Å². The maximum Gasteiger partial charge on any atom is 0.226 e. The van der Waals surface area contributed by atoms with Crippen LogP contribution in [-0.2, 0) is 6.54 Å². The number of benzene rings is 1. The third-order valence-corrected chi connectivity index (χ3v) is 4.47. The Hall–Kier alpha value is -2.80. The van der Waals surface area contributed by atoms with Gasteiger partial charge in [0.15, 0.2) is 11.5 Å². The summed E-state index contributed by atoms with van der Waals surface area (Å²) >= 11 is 0. The van der Waals surface area contributed by atoms with Crippen LogP contribution in [0.25, 0.3) is 11.5 Å². The van der Waals surface area contributed by atoms with Gasteiger partial charge in [-0.25, -0.2) is 4.98 Å². The molecular formula is C19H23N3O4. The molecule has 0 saturated heterocycles. The fourth-order valence-electron chi connectivity index (χ4n) is 2.70. The fraction of sp³-hybridized carbons (Fsp3) is 0.368. The molecule has 3 aromatic rings. The highest BCUT2D eigenvalue weighted by molar-refractivity contribution is 5.60. The molecule has 0 aliphatic carbocycles. The second-order valence-electron chi connectivity index (χ2n) is 6.11. The maximum absolute atomic E-state index is 5.88. The van der Waals surface area contributed by atoms with Gasteiger partial charge in [-0.05, 0) is 39.1 Å². The second kappa shape index (κ2) is 7.61. The lowest BCUT2D eigenvalue weighted by Gasteiger charge is -2.21. The van der Waals surface area contributed by atoms with Crippen LogP contribution in [0.1, 0.15) is 30.1 Å². The van der Waals surface area contributed by atoms with E-state index in [2.05, 4.69) is 22.0 Å². The average Bonchev–Trinajstić information content (AvgIpc) is 3.31. The standard InChI is InChI=1S/C19H23N3O4/c1-12(15-8-9-25-21-15)22(3)11-16-13(2)26-19(20-16)14-6-7-17(23-4)18(10-14)24-5/h6-10,12H,11H2,1-5H3/t12-/m1/s1. The Balaban J connectivity index is 1.81. The summed E-state index contributed by atoms with van der Waals surface area (Å²) in [5.74, 6) is 2.65. The van der Waals surface area contributed by atoms with Crippen LogP contribution in [0.15, 0.2) is 39.5 Å². The number of nitrogens with zero attached hydrogens (tertiary/aromatic N) is 3. The van der Waals surface area contributed by atoms with Gasteiger partial charge in [-0.1, -0.05) is 5.16 Å². The minimum Gasteiger partial charge on any atom is -0.493 e. The van der Waals surface area contributed by atoms with Gasteiger partial charge in [0, 0.05) is 18.2 Å². The molecule has 0 saturated carbocycles. The number of hydrogen-bond acceptors (Lipinski definition) is 7. The number of hydrogen-bond donors (Lipinski definition) is 0. The molecule has 0 aliphatic rings. The van der Waals surface area contributed by atoms with E-state index in [4.69, 9.17) is 18.4 Å². The Labute approximate surface area is 152 Å². The van der Waals surface area contributed by atoms with Crippen LogP contribution in [0.3, 0.4) is 0 Å². The Morgan fingerprint density at radius 1 is 1.15 bits per heavy atom.